The number of aromatic nitrogens is 1. The number of aliphatic imine (C=N–C) groups is 1. The first-order valence-electron chi connectivity index (χ1n) is 10.1. The molecule has 1 saturated heterocycles. The summed E-state index contributed by atoms with van der Waals surface area (Å²) in [5.74, 6) is 3.13. The molecule has 2 aromatic rings. The molecule has 1 aliphatic heterocycles. The van der Waals surface area contributed by atoms with E-state index in [1.54, 1.807) is 21.3 Å². The average molecular weight is 541 g/mol. The quantitative estimate of drug-likeness (QED) is 0.317. The monoisotopic (exact) mass is 541 g/mol. The lowest BCUT2D eigenvalue weighted by molar-refractivity contribution is 0.0529. The van der Waals surface area contributed by atoms with Gasteiger partial charge in [0.05, 0.1) is 26.9 Å². The summed E-state index contributed by atoms with van der Waals surface area (Å²) in [4.78, 5) is 11.2. The molecule has 1 unspecified atom stereocenters. The van der Waals surface area contributed by atoms with Gasteiger partial charge in [0.25, 0.3) is 0 Å². The number of ether oxygens (including phenoxy) is 3. The Hall–Kier alpha value is -2.27. The zero-order valence-electron chi connectivity index (χ0n) is 18.6. The van der Waals surface area contributed by atoms with Crippen molar-refractivity contribution in [1.29, 1.82) is 0 Å². The van der Waals surface area contributed by atoms with Crippen molar-refractivity contribution in [2.45, 2.75) is 26.1 Å². The fourth-order valence-electron chi connectivity index (χ4n) is 3.32. The Balaban J connectivity index is 0.00000341. The SMILES string of the molecule is CN=C(NCc1ccc(N2CCOC(C)C2)nc1)NCc1ccc(OC)c(OC)c1.I. The van der Waals surface area contributed by atoms with E-state index in [1.807, 2.05) is 24.4 Å². The third-order valence-electron chi connectivity index (χ3n) is 4.97. The molecule has 0 bridgehead atoms. The Morgan fingerprint density at radius 3 is 2.45 bits per heavy atom. The highest BCUT2D eigenvalue weighted by atomic mass is 127. The van der Waals surface area contributed by atoms with Crippen LogP contribution in [0.3, 0.4) is 0 Å². The van der Waals surface area contributed by atoms with Crippen LogP contribution in [0.5, 0.6) is 11.5 Å². The van der Waals surface area contributed by atoms with Gasteiger partial charge in [-0.3, -0.25) is 4.99 Å². The van der Waals surface area contributed by atoms with E-state index in [-0.39, 0.29) is 30.1 Å². The first-order chi connectivity index (χ1) is 14.6. The summed E-state index contributed by atoms with van der Waals surface area (Å²) in [6, 6.07) is 10.0. The molecule has 31 heavy (non-hydrogen) atoms. The lowest BCUT2D eigenvalue weighted by atomic mass is 10.2. The van der Waals surface area contributed by atoms with Gasteiger partial charge in [0, 0.05) is 39.4 Å². The number of halogens is 1. The number of hydrogen-bond donors (Lipinski definition) is 2. The largest absolute Gasteiger partial charge is 0.493 e. The zero-order valence-corrected chi connectivity index (χ0v) is 20.9. The van der Waals surface area contributed by atoms with Crippen molar-refractivity contribution in [2.75, 3.05) is 45.9 Å². The third-order valence-corrected chi connectivity index (χ3v) is 4.97. The van der Waals surface area contributed by atoms with Gasteiger partial charge in [-0.25, -0.2) is 4.98 Å². The minimum atomic E-state index is 0. The van der Waals surface area contributed by atoms with Gasteiger partial charge in [-0.2, -0.15) is 0 Å². The molecule has 0 aliphatic carbocycles. The van der Waals surface area contributed by atoms with E-state index in [0.29, 0.717) is 24.6 Å². The molecule has 2 heterocycles. The van der Waals surface area contributed by atoms with E-state index in [9.17, 15) is 0 Å². The van der Waals surface area contributed by atoms with Crippen LogP contribution in [0.1, 0.15) is 18.1 Å². The van der Waals surface area contributed by atoms with Crippen LogP contribution in [0.15, 0.2) is 41.5 Å². The first kappa shape index (κ1) is 25.0. The molecular formula is C22H32IN5O3. The molecule has 1 aromatic heterocycles. The van der Waals surface area contributed by atoms with E-state index in [0.717, 1.165) is 42.6 Å². The van der Waals surface area contributed by atoms with Crippen molar-refractivity contribution in [3.8, 4) is 11.5 Å². The number of pyridine rings is 1. The molecule has 1 atom stereocenters. The van der Waals surface area contributed by atoms with E-state index in [4.69, 9.17) is 14.2 Å². The number of nitrogens with zero attached hydrogens (tertiary/aromatic N) is 3. The van der Waals surface area contributed by atoms with Crippen molar-refractivity contribution in [2.24, 2.45) is 4.99 Å². The third kappa shape index (κ3) is 7.13. The Kier molecular flexibility index (Phi) is 10.1. The Morgan fingerprint density at radius 1 is 1.13 bits per heavy atom. The highest BCUT2D eigenvalue weighted by Crippen LogP contribution is 2.27. The minimum Gasteiger partial charge on any atom is -0.493 e. The second-order valence-electron chi connectivity index (χ2n) is 7.12. The second kappa shape index (κ2) is 12.6. The van der Waals surface area contributed by atoms with Gasteiger partial charge in [-0.1, -0.05) is 12.1 Å². The van der Waals surface area contributed by atoms with E-state index < -0.39 is 0 Å². The second-order valence-corrected chi connectivity index (χ2v) is 7.12. The van der Waals surface area contributed by atoms with Gasteiger partial charge in [0.15, 0.2) is 17.5 Å². The summed E-state index contributed by atoms with van der Waals surface area (Å²) in [6.45, 7) is 5.84. The Labute approximate surface area is 201 Å². The molecule has 1 aromatic carbocycles. The molecule has 0 amide bonds. The number of guanidine groups is 1. The molecule has 9 heteroatoms. The zero-order chi connectivity index (χ0) is 21.3. The van der Waals surface area contributed by atoms with Gasteiger partial charge in [0.1, 0.15) is 5.82 Å². The van der Waals surface area contributed by atoms with Crippen LogP contribution in [0.2, 0.25) is 0 Å². The summed E-state index contributed by atoms with van der Waals surface area (Å²) in [5.41, 5.74) is 2.16. The summed E-state index contributed by atoms with van der Waals surface area (Å²) in [7, 11) is 5.02. The van der Waals surface area contributed by atoms with Crippen molar-refractivity contribution in [3.63, 3.8) is 0 Å². The molecule has 0 saturated carbocycles. The van der Waals surface area contributed by atoms with E-state index >= 15 is 0 Å². The topological polar surface area (TPSA) is 80.2 Å². The predicted molar refractivity (Wildman–Crippen MR) is 134 cm³/mol. The maximum Gasteiger partial charge on any atom is 0.191 e. The minimum absolute atomic E-state index is 0. The van der Waals surface area contributed by atoms with Gasteiger partial charge in [-0.05, 0) is 36.2 Å². The number of hydrogen-bond acceptors (Lipinski definition) is 6. The molecule has 170 valence electrons. The molecule has 2 N–H and O–H groups in total. The van der Waals surface area contributed by atoms with Crippen LogP contribution in [0.4, 0.5) is 5.82 Å². The number of methoxy groups -OCH3 is 2. The van der Waals surface area contributed by atoms with Gasteiger partial charge < -0.3 is 29.7 Å². The number of morpholine rings is 1. The van der Waals surface area contributed by atoms with Gasteiger partial charge in [0.2, 0.25) is 0 Å². The van der Waals surface area contributed by atoms with Crippen molar-refractivity contribution < 1.29 is 14.2 Å². The lowest BCUT2D eigenvalue weighted by Gasteiger charge is -2.32. The predicted octanol–water partition coefficient (Wildman–Crippen LogP) is 2.81. The summed E-state index contributed by atoms with van der Waals surface area (Å²) in [6.07, 6.45) is 2.14. The molecule has 0 spiro atoms. The van der Waals surface area contributed by atoms with Crippen LogP contribution in [-0.4, -0.2) is 58.0 Å². The number of rotatable bonds is 7. The van der Waals surface area contributed by atoms with Crippen molar-refractivity contribution >= 4 is 35.8 Å². The molecule has 3 rings (SSSR count). The number of nitrogens with one attached hydrogen (secondary N) is 2. The average Bonchev–Trinajstić information content (AvgIpc) is 2.79. The van der Waals surface area contributed by atoms with Crippen molar-refractivity contribution in [3.05, 3.63) is 47.7 Å². The highest BCUT2D eigenvalue weighted by Gasteiger charge is 2.17. The van der Waals surface area contributed by atoms with Crippen molar-refractivity contribution in [1.82, 2.24) is 15.6 Å². The fourth-order valence-corrected chi connectivity index (χ4v) is 3.32. The Bertz CT molecular complexity index is 848. The Morgan fingerprint density at radius 2 is 1.84 bits per heavy atom. The standard InChI is InChI=1S/C22H31N5O3.HI/c1-16-15-27(9-10-30-16)21-8-6-18(13-24-21)14-26-22(23-2)25-12-17-5-7-19(28-3)20(11-17)29-4;/h5-8,11,13,16H,9-10,12,14-15H2,1-4H3,(H2,23,25,26);1H. The van der Waals surface area contributed by atoms with E-state index in [1.165, 1.54) is 0 Å². The summed E-state index contributed by atoms with van der Waals surface area (Å²) >= 11 is 0. The van der Waals surface area contributed by atoms with Crippen LogP contribution >= 0.6 is 24.0 Å². The smallest absolute Gasteiger partial charge is 0.191 e. The maximum absolute atomic E-state index is 5.60. The van der Waals surface area contributed by atoms with Crippen LogP contribution in [-0.2, 0) is 17.8 Å². The maximum atomic E-state index is 5.60. The fraction of sp³-hybridized carbons (Fsp3) is 0.455. The van der Waals surface area contributed by atoms with Gasteiger partial charge in [-0.15, -0.1) is 24.0 Å². The molecular weight excluding hydrogens is 509 g/mol. The molecule has 1 aliphatic rings. The molecule has 8 nitrogen and oxygen atoms in total. The van der Waals surface area contributed by atoms with E-state index in [2.05, 4.69) is 44.6 Å². The summed E-state index contributed by atoms with van der Waals surface area (Å²) in [5, 5.41) is 6.64. The summed E-state index contributed by atoms with van der Waals surface area (Å²) < 4.78 is 16.2. The highest BCUT2D eigenvalue weighted by molar-refractivity contribution is 14.0. The first-order valence-corrected chi connectivity index (χ1v) is 10.1. The van der Waals surface area contributed by atoms with Crippen LogP contribution in [0, 0.1) is 0 Å². The normalized spacial score (nSPS) is 16.3. The van der Waals surface area contributed by atoms with Crippen LogP contribution < -0.4 is 25.0 Å². The molecule has 1 fully saturated rings. The number of benzene rings is 1. The number of anilines is 1. The van der Waals surface area contributed by atoms with Crippen LogP contribution in [0.25, 0.3) is 0 Å². The van der Waals surface area contributed by atoms with Gasteiger partial charge >= 0.3 is 0 Å². The lowest BCUT2D eigenvalue weighted by Crippen LogP contribution is -2.41. The molecule has 0 radical (unpaired) electrons.